The molecule has 0 rings (SSSR count). The quantitative estimate of drug-likeness (QED) is 0.508. The second-order valence-corrected chi connectivity index (χ2v) is 3.53. The number of hydrogen-bond donors (Lipinski definition) is 3. The minimum atomic E-state index is -1.20. The number of ether oxygens (including phenoxy) is 1. The minimum Gasteiger partial charge on any atom is -0.480 e. The van der Waals surface area contributed by atoms with Crippen LogP contribution in [0.3, 0.4) is 0 Å². The number of nitrogens with two attached hydrogens (primary N) is 1. The van der Waals surface area contributed by atoms with Crippen LogP contribution in [0.15, 0.2) is 0 Å². The summed E-state index contributed by atoms with van der Waals surface area (Å²) in [6.45, 7) is 1.72. The van der Waals surface area contributed by atoms with Gasteiger partial charge in [-0.15, -0.1) is 0 Å². The van der Waals surface area contributed by atoms with E-state index in [0.717, 1.165) is 0 Å². The van der Waals surface area contributed by atoms with Crippen LogP contribution in [0.5, 0.6) is 0 Å². The van der Waals surface area contributed by atoms with Crippen molar-refractivity contribution in [2.24, 2.45) is 5.73 Å². The third kappa shape index (κ3) is 5.86. The number of rotatable bonds is 7. The Bertz CT molecular complexity index is 292. The Morgan fingerprint density at radius 1 is 1.41 bits per heavy atom. The zero-order valence-electron chi connectivity index (χ0n) is 9.93. The number of carboxylic acid groups (broad SMARTS) is 1. The largest absolute Gasteiger partial charge is 0.480 e. The predicted molar refractivity (Wildman–Crippen MR) is 59.1 cm³/mol. The van der Waals surface area contributed by atoms with Gasteiger partial charge < -0.3 is 20.9 Å². The van der Waals surface area contributed by atoms with Gasteiger partial charge in [0.25, 0.3) is 0 Å². The Hall–Kier alpha value is -1.63. The first-order chi connectivity index (χ1) is 7.92. The molecule has 7 heteroatoms. The number of nitrogens with one attached hydrogen (secondary N) is 1. The molecule has 2 atom stereocenters. The van der Waals surface area contributed by atoms with Gasteiger partial charge >= 0.3 is 11.9 Å². The van der Waals surface area contributed by atoms with Crippen molar-refractivity contribution in [3.8, 4) is 0 Å². The number of carbonyl (C=O) groups is 3. The Labute approximate surface area is 99.3 Å². The molecule has 17 heavy (non-hydrogen) atoms. The molecule has 0 radical (unpaired) electrons. The lowest BCUT2D eigenvalue weighted by molar-refractivity contribution is -0.144. The first-order valence-corrected chi connectivity index (χ1v) is 5.27. The number of methoxy groups -OCH3 is 1. The van der Waals surface area contributed by atoms with Gasteiger partial charge in [-0.05, 0) is 12.8 Å². The molecule has 0 unspecified atom stereocenters. The summed E-state index contributed by atoms with van der Waals surface area (Å²) in [5.74, 6) is -2.26. The second kappa shape index (κ2) is 7.61. The molecule has 7 nitrogen and oxygen atoms in total. The maximum absolute atomic E-state index is 11.4. The van der Waals surface area contributed by atoms with E-state index in [4.69, 9.17) is 10.8 Å². The fourth-order valence-corrected chi connectivity index (χ4v) is 1.09. The third-order valence-corrected chi connectivity index (χ3v) is 2.26. The van der Waals surface area contributed by atoms with Crippen molar-refractivity contribution in [3.05, 3.63) is 0 Å². The highest BCUT2D eigenvalue weighted by atomic mass is 16.5. The molecule has 0 heterocycles. The predicted octanol–water partition coefficient (Wildman–Crippen LogP) is -0.754. The molecular weight excluding hydrogens is 228 g/mol. The number of carbonyl (C=O) groups excluding carboxylic acids is 2. The summed E-state index contributed by atoms with van der Waals surface area (Å²) in [4.78, 5) is 33.1. The van der Waals surface area contributed by atoms with Gasteiger partial charge in [0.15, 0.2) is 0 Å². The van der Waals surface area contributed by atoms with Crippen LogP contribution in [-0.2, 0) is 19.1 Å². The summed E-state index contributed by atoms with van der Waals surface area (Å²) in [6.07, 6.45) is 0.314. The van der Waals surface area contributed by atoms with Gasteiger partial charge in [-0.25, -0.2) is 4.79 Å². The Balaban J connectivity index is 4.30. The van der Waals surface area contributed by atoms with Crippen molar-refractivity contribution in [2.75, 3.05) is 7.11 Å². The fraction of sp³-hybridized carbons (Fsp3) is 0.700. The molecule has 0 spiro atoms. The molecule has 0 aromatic carbocycles. The molecule has 1 amide bonds. The Kier molecular flexibility index (Phi) is 6.88. The van der Waals surface area contributed by atoms with E-state index < -0.39 is 29.9 Å². The zero-order valence-corrected chi connectivity index (χ0v) is 9.93. The van der Waals surface area contributed by atoms with Crippen LogP contribution in [0.1, 0.15) is 26.2 Å². The van der Waals surface area contributed by atoms with Gasteiger partial charge in [0.05, 0.1) is 13.2 Å². The van der Waals surface area contributed by atoms with Crippen LogP contribution < -0.4 is 11.1 Å². The molecule has 0 saturated carbocycles. The standard InChI is InChI=1S/C10H18N2O5/c1-3-6(11)9(14)12-7(10(15)16)4-5-8(13)17-2/h6-7H,3-5,11H2,1-2H3,(H,12,14)(H,15,16)/t6-,7-/m1/s1. The van der Waals surface area contributed by atoms with Gasteiger partial charge in [-0.1, -0.05) is 6.92 Å². The van der Waals surface area contributed by atoms with Crippen molar-refractivity contribution in [1.82, 2.24) is 5.32 Å². The van der Waals surface area contributed by atoms with Gasteiger partial charge in [0.2, 0.25) is 5.91 Å². The van der Waals surface area contributed by atoms with E-state index in [1.807, 2.05) is 0 Å². The van der Waals surface area contributed by atoms with E-state index in [0.29, 0.717) is 6.42 Å². The molecule has 0 aromatic rings. The van der Waals surface area contributed by atoms with Crippen LogP contribution in [0, 0.1) is 0 Å². The summed E-state index contributed by atoms with van der Waals surface area (Å²) >= 11 is 0. The van der Waals surface area contributed by atoms with E-state index in [-0.39, 0.29) is 12.8 Å². The lowest BCUT2D eigenvalue weighted by atomic mass is 10.1. The summed E-state index contributed by atoms with van der Waals surface area (Å²) in [6, 6.07) is -1.87. The molecule has 98 valence electrons. The number of amides is 1. The van der Waals surface area contributed by atoms with Crippen molar-refractivity contribution in [1.29, 1.82) is 0 Å². The number of hydrogen-bond acceptors (Lipinski definition) is 5. The van der Waals surface area contributed by atoms with E-state index in [1.54, 1.807) is 6.92 Å². The molecule has 0 saturated heterocycles. The van der Waals surface area contributed by atoms with Gasteiger partial charge in [0, 0.05) is 6.42 Å². The normalized spacial score (nSPS) is 13.6. The summed E-state index contributed by atoms with van der Waals surface area (Å²) < 4.78 is 4.38. The maximum atomic E-state index is 11.4. The number of carboxylic acids is 1. The molecule has 4 N–H and O–H groups in total. The number of esters is 1. The van der Waals surface area contributed by atoms with Gasteiger partial charge in [-0.3, -0.25) is 9.59 Å². The molecule has 0 aliphatic rings. The average molecular weight is 246 g/mol. The van der Waals surface area contributed by atoms with Crippen molar-refractivity contribution < 1.29 is 24.2 Å². The Morgan fingerprint density at radius 2 is 2.00 bits per heavy atom. The van der Waals surface area contributed by atoms with E-state index >= 15 is 0 Å². The second-order valence-electron chi connectivity index (χ2n) is 3.53. The fourth-order valence-electron chi connectivity index (χ4n) is 1.09. The van der Waals surface area contributed by atoms with Crippen LogP contribution in [0.25, 0.3) is 0 Å². The highest BCUT2D eigenvalue weighted by Gasteiger charge is 2.23. The third-order valence-electron chi connectivity index (χ3n) is 2.26. The minimum absolute atomic E-state index is 0.0236. The van der Waals surface area contributed by atoms with Crippen molar-refractivity contribution in [2.45, 2.75) is 38.3 Å². The van der Waals surface area contributed by atoms with Crippen LogP contribution in [0.4, 0.5) is 0 Å². The molecule has 0 aliphatic carbocycles. The SMILES string of the molecule is CC[C@@H](N)C(=O)N[C@H](CCC(=O)OC)C(=O)O. The molecular formula is C10H18N2O5. The smallest absolute Gasteiger partial charge is 0.326 e. The van der Waals surface area contributed by atoms with E-state index in [2.05, 4.69) is 10.1 Å². The van der Waals surface area contributed by atoms with Gasteiger partial charge in [-0.2, -0.15) is 0 Å². The molecule has 0 aromatic heterocycles. The van der Waals surface area contributed by atoms with Gasteiger partial charge in [0.1, 0.15) is 6.04 Å². The molecule has 0 fully saturated rings. The topological polar surface area (TPSA) is 119 Å². The highest BCUT2D eigenvalue weighted by molar-refractivity contribution is 5.87. The van der Waals surface area contributed by atoms with Crippen LogP contribution in [0.2, 0.25) is 0 Å². The lowest BCUT2D eigenvalue weighted by Gasteiger charge is -2.16. The summed E-state index contributed by atoms with van der Waals surface area (Å²) in [5, 5.41) is 11.1. The summed E-state index contributed by atoms with van der Waals surface area (Å²) in [7, 11) is 1.21. The Morgan fingerprint density at radius 3 is 2.41 bits per heavy atom. The van der Waals surface area contributed by atoms with Crippen LogP contribution in [-0.4, -0.2) is 42.1 Å². The lowest BCUT2D eigenvalue weighted by Crippen LogP contribution is -2.48. The van der Waals surface area contributed by atoms with E-state index in [1.165, 1.54) is 7.11 Å². The average Bonchev–Trinajstić information content (AvgIpc) is 2.31. The monoisotopic (exact) mass is 246 g/mol. The van der Waals surface area contributed by atoms with Crippen molar-refractivity contribution in [3.63, 3.8) is 0 Å². The molecule has 0 bridgehead atoms. The van der Waals surface area contributed by atoms with Crippen molar-refractivity contribution >= 4 is 17.8 Å². The highest BCUT2D eigenvalue weighted by Crippen LogP contribution is 2.00. The first-order valence-electron chi connectivity index (χ1n) is 5.27. The maximum Gasteiger partial charge on any atom is 0.326 e. The number of aliphatic carboxylic acids is 1. The van der Waals surface area contributed by atoms with Crippen LogP contribution >= 0.6 is 0 Å². The first kappa shape index (κ1) is 15.4. The molecule has 0 aliphatic heterocycles. The van der Waals surface area contributed by atoms with E-state index in [9.17, 15) is 14.4 Å². The zero-order chi connectivity index (χ0) is 13.4. The summed E-state index contributed by atoms with van der Waals surface area (Å²) in [5.41, 5.74) is 5.45.